The van der Waals surface area contributed by atoms with Gasteiger partial charge in [-0.3, -0.25) is 9.79 Å². The van der Waals surface area contributed by atoms with Gasteiger partial charge in [-0.2, -0.15) is 0 Å². The predicted octanol–water partition coefficient (Wildman–Crippen LogP) is 4.58. The van der Waals surface area contributed by atoms with Crippen molar-refractivity contribution in [1.29, 1.82) is 0 Å². The van der Waals surface area contributed by atoms with Crippen molar-refractivity contribution < 1.29 is 9.90 Å². The number of nitrogens with two attached hydrogens (primary N) is 2. The molecule has 0 atom stereocenters. The number of rotatable bonds is 4. The molecule has 5 rings (SSSR count). The Morgan fingerprint density at radius 1 is 0.941 bits per heavy atom. The maximum absolute atomic E-state index is 13.1. The van der Waals surface area contributed by atoms with Crippen LogP contribution in [0.3, 0.4) is 0 Å². The number of Topliss-reactive ketones (excluding diaryl/α,β-unsaturated/α-hetero) is 1. The molecular formula is C28H30N4O2. The summed E-state index contributed by atoms with van der Waals surface area (Å²) in [5, 5.41) is 14.2. The Bertz CT molecular complexity index is 1370. The zero-order valence-corrected chi connectivity index (χ0v) is 20.0. The number of aliphatic hydroxyl groups is 1. The van der Waals surface area contributed by atoms with E-state index in [2.05, 4.69) is 45.1 Å². The Hall–Kier alpha value is -3.48. The molecule has 2 heterocycles. The van der Waals surface area contributed by atoms with Gasteiger partial charge in [-0.05, 0) is 46.5 Å². The van der Waals surface area contributed by atoms with Gasteiger partial charge < -0.3 is 21.9 Å². The Morgan fingerprint density at radius 2 is 1.59 bits per heavy atom. The van der Waals surface area contributed by atoms with Crippen molar-refractivity contribution >= 4 is 22.9 Å². The number of benzene rings is 2. The van der Waals surface area contributed by atoms with Gasteiger partial charge in [0.25, 0.3) is 0 Å². The third-order valence-corrected chi connectivity index (χ3v) is 7.36. The lowest BCUT2D eigenvalue weighted by molar-refractivity contribution is -0.113. The third kappa shape index (κ3) is 3.17. The number of fused-ring (bicyclic) bond motifs is 2. The van der Waals surface area contributed by atoms with E-state index in [0.717, 1.165) is 45.0 Å². The van der Waals surface area contributed by atoms with Crippen molar-refractivity contribution in [3.63, 3.8) is 0 Å². The molecule has 34 heavy (non-hydrogen) atoms. The number of aliphatic hydroxyl groups excluding tert-OH is 1. The molecule has 3 aliphatic rings. The van der Waals surface area contributed by atoms with E-state index in [0.29, 0.717) is 24.2 Å². The van der Waals surface area contributed by atoms with Gasteiger partial charge in [0.1, 0.15) is 5.76 Å². The zero-order valence-electron chi connectivity index (χ0n) is 20.0. The molecule has 2 aliphatic heterocycles. The maximum atomic E-state index is 13.1. The molecule has 0 radical (unpaired) electrons. The molecule has 0 amide bonds. The fraction of sp³-hybridized carbons (Fsp3) is 0.286. The zero-order chi connectivity index (χ0) is 24.4. The van der Waals surface area contributed by atoms with Gasteiger partial charge in [0.05, 0.1) is 22.5 Å². The molecule has 2 aromatic carbocycles. The number of ketones is 1. The highest BCUT2D eigenvalue weighted by Crippen LogP contribution is 2.46. The van der Waals surface area contributed by atoms with E-state index in [1.165, 1.54) is 0 Å². The lowest BCUT2D eigenvalue weighted by atomic mass is 9.77. The van der Waals surface area contributed by atoms with Gasteiger partial charge in [-0.1, -0.05) is 52.0 Å². The van der Waals surface area contributed by atoms with Crippen LogP contribution in [0, 0.1) is 0 Å². The molecule has 0 aromatic heterocycles. The van der Waals surface area contributed by atoms with E-state index in [-0.39, 0.29) is 22.4 Å². The van der Waals surface area contributed by atoms with Crippen LogP contribution < -0.4 is 16.8 Å². The molecule has 0 bridgehead atoms. The van der Waals surface area contributed by atoms with Gasteiger partial charge in [-0.25, -0.2) is 0 Å². The van der Waals surface area contributed by atoms with E-state index in [9.17, 15) is 9.90 Å². The summed E-state index contributed by atoms with van der Waals surface area (Å²) in [7, 11) is 0. The van der Waals surface area contributed by atoms with E-state index in [1.54, 1.807) is 12.2 Å². The number of hydrogen-bond acceptors (Lipinski definition) is 6. The molecule has 0 fully saturated rings. The minimum Gasteiger partial charge on any atom is -0.506 e. The van der Waals surface area contributed by atoms with E-state index < -0.39 is 0 Å². The van der Waals surface area contributed by atoms with Crippen LogP contribution in [-0.2, 0) is 28.7 Å². The number of nitrogens with zero attached hydrogens (tertiary/aromatic N) is 1. The summed E-state index contributed by atoms with van der Waals surface area (Å²) in [6.45, 7) is 9.26. The van der Waals surface area contributed by atoms with Crippen molar-refractivity contribution in [2.45, 2.75) is 51.6 Å². The molecule has 6 N–H and O–H groups in total. The molecule has 1 aliphatic carbocycles. The molecule has 174 valence electrons. The first kappa shape index (κ1) is 22.3. The molecule has 2 aromatic rings. The molecule has 0 saturated carbocycles. The van der Waals surface area contributed by atoms with Crippen LogP contribution in [0.1, 0.15) is 49.9 Å². The van der Waals surface area contributed by atoms with Crippen LogP contribution in [0.4, 0.5) is 11.4 Å². The van der Waals surface area contributed by atoms with E-state index in [4.69, 9.17) is 16.5 Å². The summed E-state index contributed by atoms with van der Waals surface area (Å²) < 4.78 is 0. The summed E-state index contributed by atoms with van der Waals surface area (Å²) in [6.07, 6.45) is 3.48. The fourth-order valence-corrected chi connectivity index (χ4v) is 4.93. The number of aliphatic imine (C=N–C) groups is 1. The lowest BCUT2D eigenvalue weighted by Gasteiger charge is -2.25. The Morgan fingerprint density at radius 3 is 2.24 bits per heavy atom. The number of allylic oxidation sites excluding steroid dienone is 5. The standard InChI is InChI=1S/C28H30N4O2/c1-27(2)19-9-15(13-29)5-7-21(19)31-23(27)11-17-25(33)18(26(17)34)12-24-28(3,4)20-10-16(14-30)6-8-22(20)32-24/h5-12,31,33H,13-14,29-30H2,1-4H3. The van der Waals surface area contributed by atoms with Crippen molar-refractivity contribution in [3.8, 4) is 0 Å². The summed E-state index contributed by atoms with van der Waals surface area (Å²) in [4.78, 5) is 17.8. The second-order valence-electron chi connectivity index (χ2n) is 10.2. The van der Waals surface area contributed by atoms with Gasteiger partial charge in [0.15, 0.2) is 0 Å². The van der Waals surface area contributed by atoms with Gasteiger partial charge in [0, 0.05) is 35.3 Å². The first-order valence-corrected chi connectivity index (χ1v) is 11.5. The second-order valence-corrected chi connectivity index (χ2v) is 10.2. The predicted molar refractivity (Wildman–Crippen MR) is 136 cm³/mol. The monoisotopic (exact) mass is 454 g/mol. The number of carbonyl (C=O) groups excluding carboxylic acids is 1. The van der Waals surface area contributed by atoms with Crippen LogP contribution >= 0.6 is 0 Å². The second kappa shape index (κ2) is 7.52. The molecule has 0 unspecified atom stereocenters. The highest BCUT2D eigenvalue weighted by Gasteiger charge is 2.40. The number of anilines is 1. The van der Waals surface area contributed by atoms with Crippen LogP contribution in [0.5, 0.6) is 0 Å². The molecular weight excluding hydrogens is 424 g/mol. The van der Waals surface area contributed by atoms with Crippen molar-refractivity contribution in [1.82, 2.24) is 0 Å². The molecule has 0 spiro atoms. The van der Waals surface area contributed by atoms with Crippen LogP contribution in [0.25, 0.3) is 0 Å². The number of hydrogen-bond donors (Lipinski definition) is 4. The van der Waals surface area contributed by atoms with E-state index in [1.807, 2.05) is 24.3 Å². The normalized spacial score (nSPS) is 21.9. The average Bonchev–Trinajstić information content (AvgIpc) is 3.23. The van der Waals surface area contributed by atoms with Gasteiger partial charge in [0.2, 0.25) is 5.78 Å². The average molecular weight is 455 g/mol. The summed E-state index contributed by atoms with van der Waals surface area (Å²) in [6, 6.07) is 12.1. The van der Waals surface area contributed by atoms with E-state index >= 15 is 0 Å². The highest BCUT2D eigenvalue weighted by molar-refractivity contribution is 6.25. The Balaban J connectivity index is 1.47. The minimum absolute atomic E-state index is 0.00538. The van der Waals surface area contributed by atoms with Crippen molar-refractivity contribution in [2.24, 2.45) is 16.5 Å². The third-order valence-electron chi connectivity index (χ3n) is 7.36. The first-order chi connectivity index (χ1) is 16.1. The molecule has 0 saturated heterocycles. The fourth-order valence-electron chi connectivity index (χ4n) is 4.93. The molecule has 6 nitrogen and oxygen atoms in total. The SMILES string of the molecule is CC1(C)C(C=C2C(=O)C(C=C3Nc4ccc(CN)cc4C3(C)C)=C2O)=Nc2ccc(CN)cc21. The van der Waals surface area contributed by atoms with Crippen LogP contribution in [0.2, 0.25) is 0 Å². The van der Waals surface area contributed by atoms with Gasteiger partial charge >= 0.3 is 0 Å². The van der Waals surface area contributed by atoms with Crippen LogP contribution in [0.15, 0.2) is 76.1 Å². The quantitative estimate of drug-likeness (QED) is 0.505. The highest BCUT2D eigenvalue weighted by atomic mass is 16.3. The number of carbonyl (C=O) groups is 1. The summed E-state index contributed by atoms with van der Waals surface area (Å²) in [5.74, 6) is -0.177. The lowest BCUT2D eigenvalue weighted by Crippen LogP contribution is -2.28. The van der Waals surface area contributed by atoms with Crippen LogP contribution in [-0.4, -0.2) is 16.6 Å². The summed E-state index contributed by atoms with van der Waals surface area (Å²) in [5.41, 5.74) is 19.3. The first-order valence-electron chi connectivity index (χ1n) is 11.5. The number of nitrogens with one attached hydrogen (secondary N) is 1. The largest absolute Gasteiger partial charge is 0.506 e. The Kier molecular flexibility index (Phi) is 4.93. The minimum atomic E-state index is -0.389. The van der Waals surface area contributed by atoms with Gasteiger partial charge in [-0.15, -0.1) is 0 Å². The Labute approximate surface area is 199 Å². The molecule has 6 heteroatoms. The topological polar surface area (TPSA) is 114 Å². The van der Waals surface area contributed by atoms with Crippen molar-refractivity contribution in [2.75, 3.05) is 5.32 Å². The smallest absolute Gasteiger partial charge is 0.200 e. The van der Waals surface area contributed by atoms with Crippen molar-refractivity contribution in [3.05, 3.63) is 93.4 Å². The maximum Gasteiger partial charge on any atom is 0.200 e. The summed E-state index contributed by atoms with van der Waals surface area (Å²) >= 11 is 0.